The van der Waals surface area contributed by atoms with Crippen molar-refractivity contribution in [2.24, 2.45) is 5.18 Å². The molecule has 0 fully saturated rings. The molecule has 16 heavy (non-hydrogen) atoms. The summed E-state index contributed by atoms with van der Waals surface area (Å²) in [5, 5.41) is 3.12. The molecule has 0 amide bonds. The Hall–Kier alpha value is -0.110. The number of nitrogens with zero attached hydrogens (tertiary/aromatic N) is 1. The van der Waals surface area contributed by atoms with E-state index in [-0.39, 0.29) is 6.04 Å². The number of unbranched alkanes of at least 4 members (excludes halogenated alkanes) is 6. The highest BCUT2D eigenvalue weighted by Gasteiger charge is 2.27. The predicted molar refractivity (Wildman–Crippen MR) is 72.1 cm³/mol. The monoisotopic (exact) mass is 247 g/mol. The van der Waals surface area contributed by atoms with Gasteiger partial charge in [0.1, 0.15) is 6.04 Å². The molecule has 2 nitrogen and oxygen atoms in total. The van der Waals surface area contributed by atoms with Gasteiger partial charge in [0, 0.05) is 0 Å². The van der Waals surface area contributed by atoms with Crippen LogP contribution in [0.4, 0.5) is 0 Å². The number of rotatable bonds is 10. The Balaban J connectivity index is 3.46. The van der Waals surface area contributed by atoms with Gasteiger partial charge in [-0.1, -0.05) is 57.0 Å². The largest absolute Gasteiger partial charge is 0.150 e. The highest BCUT2D eigenvalue weighted by molar-refractivity contribution is 6.23. The molecule has 0 aromatic carbocycles. The molecule has 3 heteroatoms. The first-order chi connectivity index (χ1) is 7.52. The molecular formula is C13H26ClNO. The van der Waals surface area contributed by atoms with Crippen molar-refractivity contribution in [3.05, 3.63) is 4.91 Å². The maximum Gasteiger partial charge on any atom is 0.110 e. The lowest BCUT2D eigenvalue weighted by molar-refractivity contribution is 0.462. The molecule has 0 aliphatic carbocycles. The molecule has 0 radical (unpaired) electrons. The van der Waals surface area contributed by atoms with Crippen LogP contribution in [0.25, 0.3) is 0 Å². The van der Waals surface area contributed by atoms with Crippen LogP contribution < -0.4 is 0 Å². The first-order valence-electron chi connectivity index (χ1n) is 6.53. The fraction of sp³-hybridized carbons (Fsp3) is 1.00. The Morgan fingerprint density at radius 3 is 2.00 bits per heavy atom. The number of hydrogen-bond acceptors (Lipinski definition) is 2. The Morgan fingerprint density at radius 1 is 1.06 bits per heavy atom. The molecule has 0 saturated carbocycles. The fourth-order valence-corrected chi connectivity index (χ4v) is 1.97. The van der Waals surface area contributed by atoms with Gasteiger partial charge < -0.3 is 0 Å². The van der Waals surface area contributed by atoms with Crippen LogP contribution in [-0.4, -0.2) is 10.9 Å². The van der Waals surface area contributed by atoms with Gasteiger partial charge in [0.15, 0.2) is 0 Å². The van der Waals surface area contributed by atoms with Gasteiger partial charge in [-0.3, -0.25) is 0 Å². The maximum absolute atomic E-state index is 10.6. The van der Waals surface area contributed by atoms with E-state index in [4.69, 9.17) is 11.6 Å². The van der Waals surface area contributed by atoms with Crippen molar-refractivity contribution in [3.63, 3.8) is 0 Å². The molecular weight excluding hydrogens is 222 g/mol. The van der Waals surface area contributed by atoms with Crippen LogP contribution in [0.1, 0.15) is 72.1 Å². The van der Waals surface area contributed by atoms with E-state index < -0.39 is 4.87 Å². The van der Waals surface area contributed by atoms with Crippen LogP contribution in [-0.2, 0) is 0 Å². The van der Waals surface area contributed by atoms with Crippen molar-refractivity contribution in [2.75, 3.05) is 0 Å². The summed E-state index contributed by atoms with van der Waals surface area (Å²) in [5.41, 5.74) is 0. The minimum absolute atomic E-state index is 0.246. The van der Waals surface area contributed by atoms with E-state index >= 15 is 0 Å². The van der Waals surface area contributed by atoms with Crippen molar-refractivity contribution < 1.29 is 0 Å². The molecule has 1 unspecified atom stereocenters. The van der Waals surface area contributed by atoms with Crippen molar-refractivity contribution >= 4 is 11.6 Å². The summed E-state index contributed by atoms with van der Waals surface area (Å²) in [6.45, 7) is 5.95. The van der Waals surface area contributed by atoms with Gasteiger partial charge in [-0.25, -0.2) is 0 Å². The Kier molecular flexibility index (Phi) is 8.91. The van der Waals surface area contributed by atoms with Crippen molar-refractivity contribution in [2.45, 2.75) is 83.1 Å². The number of alkyl halides is 1. The van der Waals surface area contributed by atoms with E-state index in [1.807, 2.05) is 13.8 Å². The summed E-state index contributed by atoms with van der Waals surface area (Å²) in [6.07, 6.45) is 9.65. The highest BCUT2D eigenvalue weighted by atomic mass is 35.5. The average Bonchev–Trinajstić information content (AvgIpc) is 2.20. The van der Waals surface area contributed by atoms with Gasteiger partial charge in [0.25, 0.3) is 0 Å². The standard InChI is InChI=1S/C13H26ClNO/c1-4-5-6-7-8-9-10-11-12(15-16)13(2,3)14/h12H,4-11H2,1-3H3. The molecule has 0 rings (SSSR count). The second-order valence-electron chi connectivity index (χ2n) is 5.10. The number of nitroso groups, excluding NO2 is 1. The molecule has 0 aromatic heterocycles. The van der Waals surface area contributed by atoms with Crippen molar-refractivity contribution in [1.29, 1.82) is 0 Å². The third-order valence-electron chi connectivity index (χ3n) is 3.00. The SMILES string of the molecule is CCCCCCCCCC(N=O)C(C)(C)Cl. The summed E-state index contributed by atoms with van der Waals surface area (Å²) in [5.74, 6) is 0. The highest BCUT2D eigenvalue weighted by Crippen LogP contribution is 2.25. The summed E-state index contributed by atoms with van der Waals surface area (Å²) < 4.78 is 0. The molecule has 0 spiro atoms. The lowest BCUT2D eigenvalue weighted by Crippen LogP contribution is -2.28. The summed E-state index contributed by atoms with van der Waals surface area (Å²) in [6, 6.07) is -0.246. The molecule has 0 saturated heterocycles. The third kappa shape index (κ3) is 8.09. The normalized spacial score (nSPS) is 13.8. The zero-order valence-corrected chi connectivity index (χ0v) is 11.7. The van der Waals surface area contributed by atoms with Gasteiger partial charge in [-0.2, -0.15) is 4.91 Å². The van der Waals surface area contributed by atoms with Crippen LogP contribution in [0.3, 0.4) is 0 Å². The van der Waals surface area contributed by atoms with Gasteiger partial charge in [-0.05, 0) is 20.3 Å². The van der Waals surface area contributed by atoms with E-state index in [0.717, 1.165) is 12.8 Å². The zero-order chi connectivity index (χ0) is 12.4. The van der Waals surface area contributed by atoms with Crippen LogP contribution in [0.15, 0.2) is 5.18 Å². The van der Waals surface area contributed by atoms with E-state index in [1.54, 1.807) is 0 Å². The first-order valence-corrected chi connectivity index (χ1v) is 6.91. The number of hydrogen-bond donors (Lipinski definition) is 0. The first kappa shape index (κ1) is 15.9. The minimum Gasteiger partial charge on any atom is -0.150 e. The fourth-order valence-electron chi connectivity index (χ4n) is 1.82. The number of halogens is 1. The zero-order valence-electron chi connectivity index (χ0n) is 11.0. The Bertz CT molecular complexity index is 177. The van der Waals surface area contributed by atoms with E-state index in [2.05, 4.69) is 12.1 Å². The van der Waals surface area contributed by atoms with E-state index in [0.29, 0.717) is 0 Å². The van der Waals surface area contributed by atoms with Gasteiger partial charge >= 0.3 is 0 Å². The minimum atomic E-state index is -0.496. The maximum atomic E-state index is 10.6. The van der Waals surface area contributed by atoms with Crippen LogP contribution in [0, 0.1) is 4.91 Å². The predicted octanol–water partition coefficient (Wildman–Crippen LogP) is 5.28. The molecule has 1 atom stereocenters. The summed E-state index contributed by atoms with van der Waals surface area (Å²) in [4.78, 5) is 10.1. The molecule has 0 heterocycles. The molecule has 96 valence electrons. The van der Waals surface area contributed by atoms with E-state index in [9.17, 15) is 4.91 Å². The van der Waals surface area contributed by atoms with Crippen LogP contribution >= 0.6 is 11.6 Å². The quantitative estimate of drug-likeness (QED) is 0.293. The second-order valence-corrected chi connectivity index (χ2v) is 6.07. The lowest BCUT2D eigenvalue weighted by Gasteiger charge is -2.21. The average molecular weight is 248 g/mol. The second kappa shape index (κ2) is 8.98. The van der Waals surface area contributed by atoms with E-state index in [1.165, 1.54) is 38.5 Å². The van der Waals surface area contributed by atoms with Crippen LogP contribution in [0.2, 0.25) is 0 Å². The molecule has 0 N–H and O–H groups in total. The van der Waals surface area contributed by atoms with Crippen molar-refractivity contribution in [3.8, 4) is 0 Å². The third-order valence-corrected chi connectivity index (χ3v) is 3.25. The van der Waals surface area contributed by atoms with Crippen LogP contribution in [0.5, 0.6) is 0 Å². The van der Waals surface area contributed by atoms with Gasteiger partial charge in [0.05, 0.1) is 4.87 Å². The lowest BCUT2D eigenvalue weighted by atomic mass is 9.97. The molecule has 0 aliphatic heterocycles. The topological polar surface area (TPSA) is 29.4 Å². The van der Waals surface area contributed by atoms with Crippen molar-refractivity contribution in [1.82, 2.24) is 0 Å². The van der Waals surface area contributed by atoms with Gasteiger partial charge in [-0.15, -0.1) is 11.6 Å². The van der Waals surface area contributed by atoms with Gasteiger partial charge in [0.2, 0.25) is 0 Å². The Labute approximate surface area is 105 Å². The Morgan fingerprint density at radius 2 is 1.56 bits per heavy atom. The smallest absolute Gasteiger partial charge is 0.110 e. The molecule has 0 bridgehead atoms. The molecule has 0 aromatic rings. The summed E-state index contributed by atoms with van der Waals surface area (Å²) in [7, 11) is 0. The molecule has 0 aliphatic rings. The summed E-state index contributed by atoms with van der Waals surface area (Å²) >= 11 is 6.09.